The van der Waals surface area contributed by atoms with Crippen LogP contribution in [0.15, 0.2) is 115 Å². The Hall–Kier alpha value is -6.89. The van der Waals surface area contributed by atoms with Crippen molar-refractivity contribution < 1.29 is 36.6 Å². The average Bonchev–Trinajstić information content (AvgIpc) is 3.27. The van der Waals surface area contributed by atoms with Crippen LogP contribution in [0.3, 0.4) is 0 Å². The van der Waals surface area contributed by atoms with E-state index in [1.807, 2.05) is 42.5 Å². The molecular weight excluding hydrogens is 853 g/mol. The Morgan fingerprint density at radius 1 is 0.672 bits per heavy atom. The molecule has 0 radical (unpaired) electrons. The van der Waals surface area contributed by atoms with Crippen LogP contribution in [-0.4, -0.2) is 92.0 Å². The van der Waals surface area contributed by atoms with E-state index in [9.17, 15) is 18.0 Å². The summed E-state index contributed by atoms with van der Waals surface area (Å²) in [6, 6.07) is 25.0. The maximum Gasteiger partial charge on any atom is 0.269 e. The fourth-order valence-corrected chi connectivity index (χ4v) is 7.32. The third-order valence-corrected chi connectivity index (χ3v) is 15.6. The lowest BCUT2D eigenvalue weighted by molar-refractivity contribution is 0.0950. The van der Waals surface area contributed by atoms with Gasteiger partial charge in [0.05, 0.1) is 17.6 Å². The summed E-state index contributed by atoms with van der Waals surface area (Å²) < 4.78 is 47.0. The quantitative estimate of drug-likeness (QED) is 0.0608. The lowest BCUT2D eigenvalue weighted by Crippen LogP contribution is -2.41. The number of para-hydroxylation sites is 1. The zero-order valence-corrected chi connectivity index (χ0v) is 38.7. The summed E-state index contributed by atoms with van der Waals surface area (Å²) in [5.41, 5.74) is 2.85. The molecule has 0 spiro atoms. The fourth-order valence-electron chi connectivity index (χ4n) is 5.79. The number of hydrogen-bond acceptors (Lipinski definition) is 14. The molecule has 0 fully saturated rings. The molecule has 4 heterocycles. The van der Waals surface area contributed by atoms with Crippen LogP contribution >= 0.6 is 0 Å². The number of fused-ring (bicyclic) bond motifs is 2. The van der Waals surface area contributed by atoms with Gasteiger partial charge in [0.2, 0.25) is 15.0 Å². The molecule has 2 N–H and O–H groups in total. The number of sulfone groups is 1. The molecule has 0 unspecified atom stereocenters. The molecule has 332 valence electrons. The smallest absolute Gasteiger partial charge is 0.269 e. The number of amides is 2. The summed E-state index contributed by atoms with van der Waals surface area (Å²) in [7, 11) is -2.19. The highest BCUT2D eigenvalue weighted by molar-refractivity contribution is 7.90. The Morgan fingerprint density at radius 3 is 1.75 bits per heavy atom. The van der Waals surface area contributed by atoms with Gasteiger partial charge in [-0.2, -0.15) is 0 Å². The molecule has 0 bridgehead atoms. The second kappa shape index (κ2) is 20.1. The Labute approximate surface area is 372 Å². The van der Waals surface area contributed by atoms with E-state index in [-0.39, 0.29) is 33.4 Å². The number of nitrogens with zero attached hydrogens (tertiary/aromatic N) is 6. The van der Waals surface area contributed by atoms with Gasteiger partial charge in [-0.15, -0.1) is 0 Å². The molecule has 64 heavy (non-hydrogen) atoms. The molecule has 16 nitrogen and oxygen atoms in total. The highest BCUT2D eigenvalue weighted by Gasteiger charge is 2.37. The first-order chi connectivity index (χ1) is 30.4. The predicted molar refractivity (Wildman–Crippen MR) is 245 cm³/mol. The lowest BCUT2D eigenvalue weighted by Gasteiger charge is -2.36. The minimum Gasteiger partial charge on any atom is -0.491 e. The molecule has 7 rings (SSSR count). The van der Waals surface area contributed by atoms with Crippen molar-refractivity contribution in [2.75, 3.05) is 33.6 Å². The number of nitrogens with one attached hydrogen (secondary N) is 2. The van der Waals surface area contributed by atoms with Gasteiger partial charge in [-0.05, 0) is 72.7 Å². The van der Waals surface area contributed by atoms with Gasteiger partial charge < -0.3 is 29.3 Å². The number of aromatic nitrogens is 6. The summed E-state index contributed by atoms with van der Waals surface area (Å²) in [4.78, 5) is 48.7. The van der Waals surface area contributed by atoms with Crippen molar-refractivity contribution in [2.24, 2.45) is 0 Å². The molecule has 0 aliphatic carbocycles. The van der Waals surface area contributed by atoms with Crippen LogP contribution in [0.2, 0.25) is 18.1 Å². The molecule has 4 aromatic heterocycles. The third kappa shape index (κ3) is 12.2. The number of carbonyl (C=O) groups excluding carboxylic acids is 2. The molecule has 0 aliphatic rings. The van der Waals surface area contributed by atoms with E-state index >= 15 is 0 Å². The number of carbonyl (C=O) groups is 2. The molecule has 7 aromatic rings. The van der Waals surface area contributed by atoms with Gasteiger partial charge in [-0.1, -0.05) is 39.0 Å². The first kappa shape index (κ1) is 46.6. The fraction of sp³-hybridized carbons (Fsp3) is 0.261. The second-order valence-corrected chi connectivity index (χ2v) is 22.7. The largest absolute Gasteiger partial charge is 0.491 e. The van der Waals surface area contributed by atoms with E-state index in [4.69, 9.17) is 23.6 Å². The molecule has 0 saturated carbocycles. The Bertz CT molecular complexity index is 2910. The van der Waals surface area contributed by atoms with Crippen LogP contribution < -0.4 is 24.8 Å². The zero-order valence-electron chi connectivity index (χ0n) is 36.9. The van der Waals surface area contributed by atoms with Crippen molar-refractivity contribution >= 4 is 51.8 Å². The third-order valence-electron chi connectivity index (χ3n) is 10.2. The maximum atomic E-state index is 11.9. The van der Waals surface area contributed by atoms with Crippen molar-refractivity contribution in [2.45, 2.75) is 50.5 Å². The summed E-state index contributed by atoms with van der Waals surface area (Å²) >= 11 is 0. The highest BCUT2D eigenvalue weighted by Crippen LogP contribution is 2.36. The van der Waals surface area contributed by atoms with Crippen LogP contribution in [0, 0.1) is 0 Å². The maximum absolute atomic E-state index is 11.9. The van der Waals surface area contributed by atoms with E-state index in [1.165, 1.54) is 25.5 Å². The number of rotatable bonds is 14. The molecular formula is C46H50N8O8SSi. The molecule has 0 saturated heterocycles. The topological polar surface area (TPSA) is 207 Å². The van der Waals surface area contributed by atoms with E-state index in [1.54, 1.807) is 55.8 Å². The summed E-state index contributed by atoms with van der Waals surface area (Å²) in [6.45, 7) is 12.2. The van der Waals surface area contributed by atoms with Crippen molar-refractivity contribution in [3.05, 3.63) is 132 Å². The van der Waals surface area contributed by atoms with Crippen molar-refractivity contribution in [3.63, 3.8) is 0 Å². The lowest BCUT2D eigenvalue weighted by atomic mass is 10.1. The van der Waals surface area contributed by atoms with Gasteiger partial charge in [0.15, 0.2) is 8.32 Å². The first-order valence-electron chi connectivity index (χ1n) is 20.2. The standard InChI is InChI=1S/C30H36N4O4Si.C16H14N4O4S/c1-30(2,3)39(5,6)37-16-15-36-27-10-8-7-9-21(27)18-28-33-20-22-17-23(11-12-25(22)34-28)38-24-13-14-32-26(19-24)29(35)31-4;1-17-15(21)14-8-12(5-6-18-14)24-11-3-4-13-10(7-11)9-19-16(20-13)25(2,22)23/h7-14,17,19-20H,15-16,18H2,1-6H3,(H,31,35);3-9H,1-2H3,(H,17,21). The Kier molecular flexibility index (Phi) is 14.6. The molecule has 18 heteroatoms. The van der Waals surface area contributed by atoms with Gasteiger partial charge in [0.1, 0.15) is 52.6 Å². The normalized spacial score (nSPS) is 11.6. The number of hydrogen-bond donors (Lipinski definition) is 2. The molecule has 3 aromatic carbocycles. The number of benzene rings is 3. The van der Waals surface area contributed by atoms with E-state index in [2.05, 4.69) is 69.4 Å². The van der Waals surface area contributed by atoms with Crippen molar-refractivity contribution in [1.29, 1.82) is 0 Å². The van der Waals surface area contributed by atoms with E-state index < -0.39 is 18.2 Å². The van der Waals surface area contributed by atoms with Gasteiger partial charge in [0, 0.05) is 80.0 Å². The highest BCUT2D eigenvalue weighted by atomic mass is 32.2. The summed E-state index contributed by atoms with van der Waals surface area (Å²) in [5, 5.41) is 6.48. The van der Waals surface area contributed by atoms with Crippen LogP contribution in [0.4, 0.5) is 0 Å². The van der Waals surface area contributed by atoms with Gasteiger partial charge in [-0.25, -0.2) is 28.4 Å². The molecule has 2 amide bonds. The average molecular weight is 903 g/mol. The van der Waals surface area contributed by atoms with Gasteiger partial charge >= 0.3 is 0 Å². The first-order valence-corrected chi connectivity index (χ1v) is 25.0. The van der Waals surface area contributed by atoms with Crippen LogP contribution in [0.25, 0.3) is 21.8 Å². The van der Waals surface area contributed by atoms with Crippen molar-refractivity contribution in [1.82, 2.24) is 40.5 Å². The minimum absolute atomic E-state index is 0.167. The van der Waals surface area contributed by atoms with Crippen LogP contribution in [0.1, 0.15) is 53.1 Å². The predicted octanol–water partition coefficient (Wildman–Crippen LogP) is 7.75. The van der Waals surface area contributed by atoms with E-state index in [0.29, 0.717) is 59.4 Å². The van der Waals surface area contributed by atoms with Gasteiger partial charge in [-0.3, -0.25) is 19.6 Å². The molecule has 0 aliphatic heterocycles. The second-order valence-electron chi connectivity index (χ2n) is 16.0. The van der Waals surface area contributed by atoms with E-state index in [0.717, 1.165) is 28.5 Å². The van der Waals surface area contributed by atoms with Crippen molar-refractivity contribution in [3.8, 4) is 28.7 Å². The monoisotopic (exact) mass is 902 g/mol. The van der Waals surface area contributed by atoms with Crippen LogP contribution in [0.5, 0.6) is 28.7 Å². The van der Waals surface area contributed by atoms with Crippen LogP contribution in [-0.2, 0) is 20.7 Å². The Morgan fingerprint density at radius 2 is 1.20 bits per heavy atom. The zero-order chi connectivity index (χ0) is 46.1. The molecule has 0 atom stereocenters. The minimum atomic E-state index is -3.47. The summed E-state index contributed by atoms with van der Waals surface area (Å²) in [5.74, 6) is 3.01. The SMILES string of the molecule is CNC(=O)c1cc(Oc2ccc3nc(Cc4ccccc4OCCO[Si](C)(C)C(C)(C)C)ncc3c2)ccn1.CNC(=O)c1cc(Oc2ccc3nc(S(C)(=O)=O)ncc3c2)ccn1. The van der Waals surface area contributed by atoms with Gasteiger partial charge in [0.25, 0.3) is 11.8 Å². The Balaban J connectivity index is 0.000000234. The number of ether oxygens (including phenoxy) is 3. The number of pyridine rings is 2. The summed E-state index contributed by atoms with van der Waals surface area (Å²) in [6.07, 6.45) is 7.84.